The lowest BCUT2D eigenvalue weighted by molar-refractivity contribution is -0.136. The maximum Gasteiger partial charge on any atom is 0.236 e. The number of phenolic OH excluding ortho intramolecular Hbond substituents is 1. The summed E-state index contributed by atoms with van der Waals surface area (Å²) in [7, 11) is 1.91. The van der Waals surface area contributed by atoms with Gasteiger partial charge in [-0.1, -0.05) is 18.1 Å². The highest BCUT2D eigenvalue weighted by Crippen LogP contribution is 2.38. The van der Waals surface area contributed by atoms with Gasteiger partial charge in [-0.2, -0.15) is 0 Å². The van der Waals surface area contributed by atoms with Gasteiger partial charge in [-0.25, -0.2) is 4.98 Å². The number of carbonyl (C=O) groups is 1. The van der Waals surface area contributed by atoms with Gasteiger partial charge in [0.1, 0.15) is 11.4 Å². The summed E-state index contributed by atoms with van der Waals surface area (Å²) >= 11 is 0. The molecule has 3 saturated heterocycles. The fourth-order valence-corrected chi connectivity index (χ4v) is 6.10. The van der Waals surface area contributed by atoms with Crippen molar-refractivity contribution in [3.63, 3.8) is 0 Å². The number of phenols is 1. The molecule has 2 unspecified atom stereocenters. The molecule has 3 aromatic rings. The summed E-state index contributed by atoms with van der Waals surface area (Å²) in [5.41, 5.74) is 10.2. The van der Waals surface area contributed by atoms with Crippen LogP contribution in [0.1, 0.15) is 18.5 Å². The van der Waals surface area contributed by atoms with Crippen molar-refractivity contribution in [1.29, 1.82) is 0 Å². The van der Waals surface area contributed by atoms with Crippen molar-refractivity contribution in [3.05, 3.63) is 54.4 Å². The van der Waals surface area contributed by atoms with Crippen molar-refractivity contribution in [1.82, 2.24) is 25.0 Å². The number of amides is 1. The van der Waals surface area contributed by atoms with Gasteiger partial charge in [0.05, 0.1) is 37.7 Å². The number of likely N-dealkylation sites (N-methyl/N-ethyl adjacent to an activating group) is 1. The van der Waals surface area contributed by atoms with Crippen LogP contribution < -0.4 is 15.5 Å². The molecule has 218 valence electrons. The summed E-state index contributed by atoms with van der Waals surface area (Å²) in [5.74, 6) is 7.03. The number of rotatable bonds is 6. The first-order valence-electron chi connectivity index (χ1n) is 14.4. The first-order chi connectivity index (χ1) is 20.5. The third kappa shape index (κ3) is 5.95. The van der Waals surface area contributed by atoms with Crippen LogP contribution in [0, 0.1) is 11.8 Å². The molecule has 1 aromatic carbocycles. The van der Waals surface area contributed by atoms with Gasteiger partial charge in [0.25, 0.3) is 0 Å². The highest BCUT2D eigenvalue weighted by atomic mass is 16.5. The van der Waals surface area contributed by atoms with E-state index in [1.54, 1.807) is 12.1 Å². The number of anilines is 3. The van der Waals surface area contributed by atoms with Crippen molar-refractivity contribution < 1.29 is 14.6 Å². The van der Waals surface area contributed by atoms with Crippen molar-refractivity contribution in [2.75, 3.05) is 75.1 Å². The number of aromatic nitrogens is 3. The molecule has 11 nitrogen and oxygen atoms in total. The minimum Gasteiger partial charge on any atom is -0.507 e. The van der Waals surface area contributed by atoms with E-state index in [-0.39, 0.29) is 11.7 Å². The van der Waals surface area contributed by atoms with E-state index in [0.29, 0.717) is 68.6 Å². The van der Waals surface area contributed by atoms with Crippen molar-refractivity contribution >= 4 is 23.1 Å². The number of pyridine rings is 1. The Morgan fingerprint density at radius 1 is 1.12 bits per heavy atom. The SMILES string of the molecule is CN(CC#Cc1cc(N2C3CCC2CN(c2cc(-c4ccccc4O)nnc2N)C3)ccn1)CC(=O)N1CCOCC1. The average molecular weight is 569 g/mol. The number of para-hydroxylation sites is 1. The van der Waals surface area contributed by atoms with E-state index in [1.165, 1.54) is 0 Å². The second-order valence-corrected chi connectivity index (χ2v) is 11.1. The standard InChI is InChI=1S/C31H36N8O3/c1-36(21-30(41)37-13-15-42-16-14-37)12-4-5-22-17-23(10-11-33-22)39-24-8-9-25(39)20-38(19-24)28-18-27(34-35-31(28)32)26-6-2-3-7-29(26)40/h2-3,6-7,10-11,17-18,24-25,40H,8-9,12-16,19-21H2,1H3,(H2,32,35). The lowest BCUT2D eigenvalue weighted by Crippen LogP contribution is -2.54. The molecular weight excluding hydrogens is 532 g/mol. The van der Waals surface area contributed by atoms with Gasteiger partial charge in [0, 0.05) is 55.7 Å². The monoisotopic (exact) mass is 568 g/mol. The van der Waals surface area contributed by atoms with Crippen molar-refractivity contribution in [2.24, 2.45) is 0 Å². The number of carbonyl (C=O) groups excluding carboxylic acids is 1. The Kier molecular flexibility index (Phi) is 8.08. The number of fused-ring (bicyclic) bond motifs is 2. The number of ether oxygens (including phenoxy) is 1. The van der Waals surface area contributed by atoms with Gasteiger partial charge in [-0.15, -0.1) is 10.2 Å². The summed E-state index contributed by atoms with van der Waals surface area (Å²) in [6.07, 6.45) is 3.98. The maximum atomic E-state index is 12.5. The predicted octanol–water partition coefficient (Wildman–Crippen LogP) is 1.83. The molecule has 3 fully saturated rings. The second-order valence-electron chi connectivity index (χ2n) is 11.1. The molecule has 2 bridgehead atoms. The molecular formula is C31H36N8O3. The van der Waals surface area contributed by atoms with Crippen LogP contribution in [-0.2, 0) is 9.53 Å². The molecule has 3 N–H and O–H groups in total. The van der Waals surface area contributed by atoms with Crippen LogP contribution in [-0.4, -0.2) is 108 Å². The molecule has 5 heterocycles. The Bertz CT molecular complexity index is 1480. The van der Waals surface area contributed by atoms with E-state index in [9.17, 15) is 9.90 Å². The van der Waals surface area contributed by atoms with E-state index in [0.717, 1.165) is 43.0 Å². The second kappa shape index (κ2) is 12.2. The molecule has 0 aliphatic carbocycles. The van der Waals surface area contributed by atoms with Crippen LogP contribution >= 0.6 is 0 Å². The molecule has 2 atom stereocenters. The van der Waals surface area contributed by atoms with E-state index < -0.39 is 0 Å². The van der Waals surface area contributed by atoms with E-state index in [1.807, 2.05) is 41.2 Å². The molecule has 42 heavy (non-hydrogen) atoms. The minimum absolute atomic E-state index is 0.107. The molecule has 0 radical (unpaired) electrons. The zero-order valence-corrected chi connectivity index (χ0v) is 23.8. The molecule has 3 aliphatic heterocycles. The van der Waals surface area contributed by atoms with Crippen molar-refractivity contribution in [3.8, 4) is 28.8 Å². The minimum atomic E-state index is 0.107. The fourth-order valence-electron chi connectivity index (χ4n) is 6.10. The quantitative estimate of drug-likeness (QED) is 0.426. The molecule has 11 heteroatoms. The number of hydrogen-bond donors (Lipinski definition) is 2. The lowest BCUT2D eigenvalue weighted by Gasteiger charge is -2.43. The molecule has 6 rings (SSSR count). The normalized spacial score (nSPS) is 20.0. The van der Waals surface area contributed by atoms with Gasteiger partial charge >= 0.3 is 0 Å². The summed E-state index contributed by atoms with van der Waals surface area (Å²) < 4.78 is 5.33. The number of hydrogen-bond acceptors (Lipinski definition) is 10. The van der Waals surface area contributed by atoms with Gasteiger partial charge in [-0.05, 0) is 56.1 Å². The Morgan fingerprint density at radius 2 is 1.88 bits per heavy atom. The number of nitrogens with zero attached hydrogens (tertiary/aromatic N) is 7. The molecule has 3 aliphatic rings. The first-order valence-corrected chi connectivity index (χ1v) is 14.4. The summed E-state index contributed by atoms with van der Waals surface area (Å²) in [4.78, 5) is 25.5. The number of nitrogen functional groups attached to an aromatic ring is 1. The van der Waals surface area contributed by atoms with Crippen LogP contribution in [0.2, 0.25) is 0 Å². The predicted molar refractivity (Wildman–Crippen MR) is 161 cm³/mol. The van der Waals surface area contributed by atoms with E-state index >= 15 is 0 Å². The van der Waals surface area contributed by atoms with Crippen LogP contribution in [0.3, 0.4) is 0 Å². The number of nitrogens with two attached hydrogens (primary N) is 1. The summed E-state index contributed by atoms with van der Waals surface area (Å²) in [6.45, 7) is 4.93. The topological polar surface area (TPSA) is 124 Å². The lowest BCUT2D eigenvalue weighted by atomic mass is 10.1. The largest absolute Gasteiger partial charge is 0.507 e. The molecule has 0 spiro atoms. The van der Waals surface area contributed by atoms with Crippen molar-refractivity contribution in [2.45, 2.75) is 24.9 Å². The summed E-state index contributed by atoms with van der Waals surface area (Å²) in [6, 6.07) is 13.8. The van der Waals surface area contributed by atoms with Crippen LogP contribution in [0.25, 0.3) is 11.3 Å². The number of morpholine rings is 1. The van der Waals surface area contributed by atoms with Gasteiger partial charge in [-0.3, -0.25) is 9.69 Å². The Labute approximate surface area is 245 Å². The van der Waals surface area contributed by atoms with Gasteiger partial charge < -0.3 is 30.3 Å². The Hall–Kier alpha value is -4.40. The van der Waals surface area contributed by atoms with E-state index in [2.05, 4.69) is 49.0 Å². The Balaban J connectivity index is 1.11. The van der Waals surface area contributed by atoms with Gasteiger partial charge in [0.2, 0.25) is 5.91 Å². The zero-order valence-electron chi connectivity index (χ0n) is 23.8. The highest BCUT2D eigenvalue weighted by Gasteiger charge is 2.40. The maximum absolute atomic E-state index is 12.5. The fraction of sp³-hybridized carbons (Fsp3) is 0.419. The summed E-state index contributed by atoms with van der Waals surface area (Å²) in [5, 5.41) is 18.8. The molecule has 0 saturated carbocycles. The van der Waals surface area contributed by atoms with Gasteiger partial charge in [0.15, 0.2) is 5.82 Å². The number of piperazine rings is 1. The number of benzene rings is 1. The van der Waals surface area contributed by atoms with Crippen LogP contribution in [0.5, 0.6) is 5.75 Å². The molecule has 1 amide bonds. The average Bonchev–Trinajstić information content (AvgIpc) is 3.27. The zero-order chi connectivity index (χ0) is 29.1. The number of aromatic hydroxyl groups is 1. The third-order valence-corrected chi connectivity index (χ3v) is 8.18. The smallest absolute Gasteiger partial charge is 0.236 e. The highest BCUT2D eigenvalue weighted by molar-refractivity contribution is 5.78. The Morgan fingerprint density at radius 3 is 2.64 bits per heavy atom. The third-order valence-electron chi connectivity index (χ3n) is 8.18. The van der Waals surface area contributed by atoms with E-state index in [4.69, 9.17) is 10.5 Å². The van der Waals surface area contributed by atoms with Crippen LogP contribution in [0.4, 0.5) is 17.2 Å². The molecule has 2 aromatic heterocycles. The van der Waals surface area contributed by atoms with Crippen LogP contribution in [0.15, 0.2) is 48.7 Å². The first kappa shape index (κ1) is 27.8.